The molecule has 4 nitrogen and oxygen atoms in total. The molecule has 1 saturated heterocycles. The van der Waals surface area contributed by atoms with Crippen molar-refractivity contribution in [2.45, 2.75) is 51.0 Å². The summed E-state index contributed by atoms with van der Waals surface area (Å²) < 4.78 is 27.3. The molecule has 0 spiro atoms. The van der Waals surface area contributed by atoms with Crippen molar-refractivity contribution in [1.82, 2.24) is 9.62 Å². The molecule has 2 heterocycles. The summed E-state index contributed by atoms with van der Waals surface area (Å²) in [5, 5.41) is 3.08. The fourth-order valence-corrected chi connectivity index (χ4v) is 6.11. The minimum Gasteiger partial charge on any atom is -0.315 e. The molecule has 0 aliphatic carbocycles. The van der Waals surface area contributed by atoms with Crippen molar-refractivity contribution < 1.29 is 8.42 Å². The van der Waals surface area contributed by atoms with E-state index in [-0.39, 0.29) is 0 Å². The van der Waals surface area contributed by atoms with Crippen LogP contribution in [-0.4, -0.2) is 32.9 Å². The van der Waals surface area contributed by atoms with E-state index in [0.29, 0.717) is 23.9 Å². The zero-order valence-corrected chi connectivity index (χ0v) is 14.8. The number of nitrogens with zero attached hydrogens (tertiary/aromatic N) is 1. The van der Waals surface area contributed by atoms with E-state index in [0.717, 1.165) is 29.1 Å². The van der Waals surface area contributed by atoms with Gasteiger partial charge in [-0.05, 0) is 38.8 Å². The summed E-state index contributed by atoms with van der Waals surface area (Å²) in [6.45, 7) is 6.16. The molecule has 0 atom stereocenters. The standard InChI is InChI=1S/C15H26N2O2S2/c1-4-5-13-6-8-17(9-7-13)21(18,19)15-10-14(11-16-3)20-12(15)2/h10,13,16H,4-9,11H2,1-3H3. The van der Waals surface area contributed by atoms with Gasteiger partial charge < -0.3 is 5.32 Å². The van der Waals surface area contributed by atoms with E-state index in [1.807, 2.05) is 20.0 Å². The minimum atomic E-state index is -3.31. The third-order valence-corrected chi connectivity index (χ3v) is 7.37. The molecular weight excluding hydrogens is 304 g/mol. The maximum Gasteiger partial charge on any atom is 0.244 e. The van der Waals surface area contributed by atoms with E-state index < -0.39 is 10.0 Å². The summed E-state index contributed by atoms with van der Waals surface area (Å²) in [6.07, 6.45) is 4.41. The molecule has 0 amide bonds. The molecule has 1 aliphatic rings. The molecule has 0 aromatic carbocycles. The van der Waals surface area contributed by atoms with Crippen molar-refractivity contribution in [2.24, 2.45) is 5.92 Å². The van der Waals surface area contributed by atoms with E-state index >= 15 is 0 Å². The zero-order chi connectivity index (χ0) is 15.5. The largest absolute Gasteiger partial charge is 0.315 e. The normalized spacial score (nSPS) is 18.2. The maximum atomic E-state index is 12.8. The van der Waals surface area contributed by atoms with Gasteiger partial charge >= 0.3 is 0 Å². The summed E-state index contributed by atoms with van der Waals surface area (Å²) in [5.74, 6) is 0.699. The van der Waals surface area contributed by atoms with Crippen LogP contribution in [0.1, 0.15) is 42.4 Å². The molecule has 21 heavy (non-hydrogen) atoms. The van der Waals surface area contributed by atoms with Crippen molar-refractivity contribution in [2.75, 3.05) is 20.1 Å². The Bertz CT molecular complexity index is 558. The van der Waals surface area contributed by atoms with Gasteiger partial charge in [-0.2, -0.15) is 4.31 Å². The molecule has 0 bridgehead atoms. The highest BCUT2D eigenvalue weighted by atomic mass is 32.2. The third kappa shape index (κ3) is 3.86. The number of aryl methyl sites for hydroxylation is 1. The Balaban J connectivity index is 2.12. The molecule has 1 aromatic heterocycles. The molecule has 0 radical (unpaired) electrons. The second-order valence-corrected chi connectivity index (χ2v) is 9.05. The van der Waals surface area contributed by atoms with E-state index in [9.17, 15) is 8.42 Å². The Kier molecular flexibility index (Phi) is 5.82. The molecular formula is C15H26N2O2S2. The molecule has 1 aliphatic heterocycles. The Morgan fingerprint density at radius 1 is 1.38 bits per heavy atom. The maximum absolute atomic E-state index is 12.8. The van der Waals surface area contributed by atoms with E-state index in [1.54, 1.807) is 15.6 Å². The van der Waals surface area contributed by atoms with Crippen LogP contribution in [-0.2, 0) is 16.6 Å². The highest BCUT2D eigenvalue weighted by Crippen LogP contribution is 2.31. The number of piperidine rings is 1. The molecule has 1 fully saturated rings. The lowest BCUT2D eigenvalue weighted by Crippen LogP contribution is -2.38. The Morgan fingerprint density at radius 3 is 2.62 bits per heavy atom. The predicted octanol–water partition coefficient (Wildman–Crippen LogP) is 2.98. The van der Waals surface area contributed by atoms with Crippen LogP contribution in [0, 0.1) is 12.8 Å². The van der Waals surface area contributed by atoms with Crippen LogP contribution >= 0.6 is 11.3 Å². The highest BCUT2D eigenvalue weighted by molar-refractivity contribution is 7.89. The number of rotatable bonds is 6. The zero-order valence-electron chi connectivity index (χ0n) is 13.2. The Morgan fingerprint density at radius 2 is 2.05 bits per heavy atom. The number of hydrogen-bond acceptors (Lipinski definition) is 4. The third-order valence-electron chi connectivity index (χ3n) is 4.16. The van der Waals surface area contributed by atoms with Crippen molar-refractivity contribution in [3.63, 3.8) is 0 Å². The van der Waals surface area contributed by atoms with Crippen LogP contribution in [0.25, 0.3) is 0 Å². The molecule has 6 heteroatoms. The van der Waals surface area contributed by atoms with Crippen molar-refractivity contribution in [3.8, 4) is 0 Å². The van der Waals surface area contributed by atoms with Crippen LogP contribution < -0.4 is 5.32 Å². The van der Waals surface area contributed by atoms with Gasteiger partial charge in [0.15, 0.2) is 0 Å². The SMILES string of the molecule is CCCC1CCN(S(=O)(=O)c2cc(CNC)sc2C)CC1. The molecule has 1 N–H and O–H groups in total. The average Bonchev–Trinajstić information content (AvgIpc) is 2.82. The van der Waals surface area contributed by atoms with Gasteiger partial charge in [0.25, 0.3) is 0 Å². The first-order chi connectivity index (χ1) is 9.98. The highest BCUT2D eigenvalue weighted by Gasteiger charge is 2.31. The predicted molar refractivity (Wildman–Crippen MR) is 88.2 cm³/mol. The molecule has 0 unspecified atom stereocenters. The van der Waals surface area contributed by atoms with Crippen LogP contribution in [0.3, 0.4) is 0 Å². The van der Waals surface area contributed by atoms with Gasteiger partial charge in [0, 0.05) is 29.4 Å². The topological polar surface area (TPSA) is 49.4 Å². The van der Waals surface area contributed by atoms with Crippen LogP contribution in [0.2, 0.25) is 0 Å². The van der Waals surface area contributed by atoms with Crippen molar-refractivity contribution >= 4 is 21.4 Å². The molecule has 2 rings (SSSR count). The number of sulfonamides is 1. The summed E-state index contributed by atoms with van der Waals surface area (Å²) in [4.78, 5) is 2.48. The lowest BCUT2D eigenvalue weighted by molar-refractivity contribution is 0.262. The van der Waals surface area contributed by atoms with E-state index in [4.69, 9.17) is 0 Å². The van der Waals surface area contributed by atoms with E-state index in [2.05, 4.69) is 12.2 Å². The molecule has 120 valence electrons. The first kappa shape index (κ1) is 16.9. The fraction of sp³-hybridized carbons (Fsp3) is 0.733. The summed E-state index contributed by atoms with van der Waals surface area (Å²) in [5.41, 5.74) is 0. The van der Waals surface area contributed by atoms with Crippen molar-refractivity contribution in [1.29, 1.82) is 0 Å². The fourth-order valence-electron chi connectivity index (χ4n) is 3.03. The summed E-state index contributed by atoms with van der Waals surface area (Å²) >= 11 is 1.57. The smallest absolute Gasteiger partial charge is 0.244 e. The van der Waals surface area contributed by atoms with Crippen LogP contribution in [0.4, 0.5) is 0 Å². The van der Waals surface area contributed by atoms with Gasteiger partial charge in [-0.25, -0.2) is 8.42 Å². The Labute approximate surface area is 132 Å². The Hall–Kier alpha value is -0.430. The molecule has 0 saturated carbocycles. The summed E-state index contributed by atoms with van der Waals surface area (Å²) in [7, 11) is -1.44. The number of hydrogen-bond donors (Lipinski definition) is 1. The first-order valence-electron chi connectivity index (χ1n) is 7.73. The lowest BCUT2D eigenvalue weighted by Gasteiger charge is -2.31. The van der Waals surface area contributed by atoms with Gasteiger partial charge in [-0.1, -0.05) is 19.8 Å². The van der Waals surface area contributed by atoms with Crippen LogP contribution in [0.15, 0.2) is 11.0 Å². The summed E-state index contributed by atoms with van der Waals surface area (Å²) in [6, 6.07) is 1.84. The number of nitrogens with one attached hydrogen (secondary N) is 1. The number of thiophene rings is 1. The lowest BCUT2D eigenvalue weighted by atomic mass is 9.94. The van der Waals surface area contributed by atoms with Gasteiger partial charge in [-0.3, -0.25) is 0 Å². The average molecular weight is 331 g/mol. The molecule has 1 aromatic rings. The first-order valence-corrected chi connectivity index (χ1v) is 9.98. The van der Waals surface area contributed by atoms with Gasteiger partial charge in [0.1, 0.15) is 0 Å². The van der Waals surface area contributed by atoms with E-state index in [1.165, 1.54) is 12.8 Å². The minimum absolute atomic E-state index is 0.506. The monoisotopic (exact) mass is 330 g/mol. The second-order valence-electron chi connectivity index (χ2n) is 5.80. The van der Waals surface area contributed by atoms with Gasteiger partial charge in [0.2, 0.25) is 10.0 Å². The second kappa shape index (κ2) is 7.22. The van der Waals surface area contributed by atoms with Crippen LogP contribution in [0.5, 0.6) is 0 Å². The van der Waals surface area contributed by atoms with Gasteiger partial charge in [-0.15, -0.1) is 11.3 Å². The van der Waals surface area contributed by atoms with Crippen molar-refractivity contribution in [3.05, 3.63) is 15.8 Å². The quantitative estimate of drug-likeness (QED) is 0.872. The van der Waals surface area contributed by atoms with Gasteiger partial charge in [0.05, 0.1) is 4.90 Å².